The van der Waals surface area contributed by atoms with E-state index in [0.717, 1.165) is 17.1 Å². The van der Waals surface area contributed by atoms with Crippen molar-refractivity contribution in [1.29, 1.82) is 0 Å². The first-order valence-electron chi connectivity index (χ1n) is 13.5. The van der Waals surface area contributed by atoms with Gasteiger partial charge in [0.1, 0.15) is 17.3 Å². The monoisotopic (exact) mass is 545 g/mol. The summed E-state index contributed by atoms with van der Waals surface area (Å²) in [6, 6.07) is 10.7. The zero-order chi connectivity index (χ0) is 29.1. The summed E-state index contributed by atoms with van der Waals surface area (Å²) in [5.74, 6) is -0.651. The number of pyridine rings is 2. The van der Waals surface area contributed by atoms with Gasteiger partial charge in [0.2, 0.25) is 0 Å². The van der Waals surface area contributed by atoms with Crippen LogP contribution in [0.2, 0.25) is 0 Å². The number of piperazine rings is 1. The molecule has 1 fully saturated rings. The van der Waals surface area contributed by atoms with Crippen LogP contribution < -0.4 is 9.80 Å². The highest BCUT2D eigenvalue weighted by Gasteiger charge is 2.41. The molecule has 2 aromatic heterocycles. The molecule has 1 aromatic carbocycles. The van der Waals surface area contributed by atoms with Crippen LogP contribution in [-0.4, -0.2) is 63.6 Å². The Kier molecular flexibility index (Phi) is 6.59. The van der Waals surface area contributed by atoms with Crippen molar-refractivity contribution in [3.8, 4) is 0 Å². The SMILES string of the molecule is Cc1ccc(N2CC(C)(C)c3nc(C(=O)N4CCN(c5cc(C)c(C(=O)O)c(C)n5)CC4(C)C)ccc32)cc1F. The van der Waals surface area contributed by atoms with E-state index in [2.05, 4.69) is 28.6 Å². The summed E-state index contributed by atoms with van der Waals surface area (Å²) < 4.78 is 14.4. The number of hydrogen-bond donors (Lipinski definition) is 1. The Morgan fingerprint density at radius 1 is 0.925 bits per heavy atom. The molecule has 0 spiro atoms. The minimum Gasteiger partial charge on any atom is -0.478 e. The number of nitrogens with zero attached hydrogens (tertiary/aromatic N) is 5. The van der Waals surface area contributed by atoms with Gasteiger partial charge in [-0.2, -0.15) is 0 Å². The Labute approximate surface area is 234 Å². The summed E-state index contributed by atoms with van der Waals surface area (Å²) in [6.45, 7) is 15.7. The molecule has 1 saturated heterocycles. The molecule has 0 aliphatic carbocycles. The van der Waals surface area contributed by atoms with Gasteiger partial charge in [-0.3, -0.25) is 4.79 Å². The van der Waals surface area contributed by atoms with Gasteiger partial charge >= 0.3 is 5.97 Å². The number of aromatic carboxylic acids is 1. The van der Waals surface area contributed by atoms with Gasteiger partial charge in [-0.1, -0.05) is 19.9 Å². The van der Waals surface area contributed by atoms with Gasteiger partial charge < -0.3 is 19.8 Å². The van der Waals surface area contributed by atoms with E-state index in [-0.39, 0.29) is 22.7 Å². The lowest BCUT2D eigenvalue weighted by atomic mass is 9.91. The minimum absolute atomic E-state index is 0.135. The summed E-state index contributed by atoms with van der Waals surface area (Å²) in [5, 5.41) is 9.50. The molecule has 0 saturated carbocycles. The number of anilines is 3. The van der Waals surface area contributed by atoms with Crippen molar-refractivity contribution < 1.29 is 19.1 Å². The molecule has 0 atom stereocenters. The normalized spacial score (nSPS) is 17.6. The van der Waals surface area contributed by atoms with Crippen molar-refractivity contribution in [3.63, 3.8) is 0 Å². The summed E-state index contributed by atoms with van der Waals surface area (Å²) in [5.41, 5.74) is 3.99. The second kappa shape index (κ2) is 9.57. The van der Waals surface area contributed by atoms with Crippen LogP contribution in [0.5, 0.6) is 0 Å². The number of hydrogen-bond acceptors (Lipinski definition) is 6. The number of aryl methyl sites for hydroxylation is 3. The molecule has 1 N–H and O–H groups in total. The smallest absolute Gasteiger partial charge is 0.337 e. The molecule has 210 valence electrons. The molecule has 4 heterocycles. The van der Waals surface area contributed by atoms with E-state index in [4.69, 9.17) is 4.98 Å². The number of amides is 1. The van der Waals surface area contributed by atoms with Crippen molar-refractivity contribution >= 4 is 29.1 Å². The fourth-order valence-electron chi connectivity index (χ4n) is 5.98. The highest BCUT2D eigenvalue weighted by atomic mass is 19.1. The van der Waals surface area contributed by atoms with Gasteiger partial charge in [0.15, 0.2) is 0 Å². The lowest BCUT2D eigenvalue weighted by Crippen LogP contribution is -2.61. The molecular weight excluding hydrogens is 509 g/mol. The van der Waals surface area contributed by atoms with E-state index in [1.165, 1.54) is 0 Å². The fourth-order valence-corrected chi connectivity index (χ4v) is 5.98. The molecule has 8 nitrogen and oxygen atoms in total. The maximum Gasteiger partial charge on any atom is 0.337 e. The molecule has 0 bridgehead atoms. The third-order valence-corrected chi connectivity index (χ3v) is 8.11. The van der Waals surface area contributed by atoms with Crippen LogP contribution >= 0.6 is 0 Å². The van der Waals surface area contributed by atoms with Crippen LogP contribution in [0.1, 0.15) is 71.1 Å². The van der Waals surface area contributed by atoms with Crippen LogP contribution in [0, 0.1) is 26.6 Å². The van der Waals surface area contributed by atoms with Crippen molar-refractivity contribution in [2.24, 2.45) is 0 Å². The summed E-state index contributed by atoms with van der Waals surface area (Å²) in [6.07, 6.45) is 0. The number of fused-ring (bicyclic) bond motifs is 1. The first-order chi connectivity index (χ1) is 18.7. The highest BCUT2D eigenvalue weighted by molar-refractivity contribution is 5.94. The molecule has 0 radical (unpaired) electrons. The molecule has 9 heteroatoms. The third kappa shape index (κ3) is 4.67. The number of carbonyl (C=O) groups excluding carboxylic acids is 1. The second-order valence-electron chi connectivity index (χ2n) is 12.2. The molecule has 40 heavy (non-hydrogen) atoms. The van der Waals surface area contributed by atoms with Gasteiger partial charge in [-0.05, 0) is 76.1 Å². The van der Waals surface area contributed by atoms with Crippen LogP contribution in [0.25, 0.3) is 0 Å². The van der Waals surface area contributed by atoms with Crippen molar-refractivity contribution in [3.05, 3.63) is 76.0 Å². The van der Waals surface area contributed by atoms with E-state index in [1.54, 1.807) is 45.0 Å². The molecule has 2 aliphatic rings. The summed E-state index contributed by atoms with van der Waals surface area (Å²) in [7, 11) is 0. The van der Waals surface area contributed by atoms with Crippen LogP contribution in [0.4, 0.5) is 21.6 Å². The average molecular weight is 546 g/mol. The zero-order valence-electron chi connectivity index (χ0n) is 24.2. The highest BCUT2D eigenvalue weighted by Crippen LogP contribution is 2.43. The lowest BCUT2D eigenvalue weighted by Gasteiger charge is -2.47. The van der Waals surface area contributed by atoms with Gasteiger partial charge in [-0.15, -0.1) is 0 Å². The topological polar surface area (TPSA) is 89.9 Å². The third-order valence-electron chi connectivity index (χ3n) is 8.11. The number of benzene rings is 1. The maximum atomic E-state index is 14.4. The zero-order valence-corrected chi connectivity index (χ0v) is 24.2. The number of aromatic nitrogens is 2. The number of carbonyl (C=O) groups is 2. The van der Waals surface area contributed by atoms with Crippen LogP contribution in [-0.2, 0) is 5.41 Å². The quantitative estimate of drug-likeness (QED) is 0.469. The number of carboxylic acid groups (broad SMARTS) is 1. The van der Waals surface area contributed by atoms with Gasteiger partial charge in [0.05, 0.1) is 28.2 Å². The molecule has 2 aliphatic heterocycles. The number of halogens is 1. The van der Waals surface area contributed by atoms with Crippen LogP contribution in [0.15, 0.2) is 36.4 Å². The summed E-state index contributed by atoms with van der Waals surface area (Å²) in [4.78, 5) is 40.9. The lowest BCUT2D eigenvalue weighted by molar-refractivity contribution is 0.0506. The Balaban J connectivity index is 1.39. The molecular formula is C31H36FN5O3. The average Bonchev–Trinajstić information content (AvgIpc) is 3.14. The van der Waals surface area contributed by atoms with Gasteiger partial charge in [0.25, 0.3) is 5.91 Å². The van der Waals surface area contributed by atoms with E-state index in [9.17, 15) is 19.1 Å². The predicted molar refractivity (Wildman–Crippen MR) is 153 cm³/mol. The Morgan fingerprint density at radius 3 is 2.27 bits per heavy atom. The largest absolute Gasteiger partial charge is 0.478 e. The van der Waals surface area contributed by atoms with E-state index in [0.29, 0.717) is 54.5 Å². The molecule has 3 aromatic rings. The van der Waals surface area contributed by atoms with Crippen molar-refractivity contribution in [2.75, 3.05) is 36.0 Å². The Bertz CT molecular complexity index is 1510. The fraction of sp³-hybridized carbons (Fsp3) is 0.419. The Morgan fingerprint density at radius 2 is 1.65 bits per heavy atom. The van der Waals surface area contributed by atoms with Gasteiger partial charge in [0, 0.05) is 37.3 Å². The molecule has 0 unspecified atom stereocenters. The Hall–Kier alpha value is -4.01. The second-order valence-corrected chi connectivity index (χ2v) is 12.2. The van der Waals surface area contributed by atoms with E-state index < -0.39 is 11.5 Å². The van der Waals surface area contributed by atoms with E-state index in [1.807, 2.05) is 30.9 Å². The van der Waals surface area contributed by atoms with Crippen molar-refractivity contribution in [2.45, 2.75) is 59.4 Å². The summed E-state index contributed by atoms with van der Waals surface area (Å²) >= 11 is 0. The van der Waals surface area contributed by atoms with E-state index >= 15 is 0 Å². The first-order valence-corrected chi connectivity index (χ1v) is 13.5. The predicted octanol–water partition coefficient (Wildman–Crippen LogP) is 5.41. The standard InChI is InChI=1S/C31H36FN5O3/c1-18-8-9-21(15-22(18)32)36-16-30(4,5)27-24(36)11-10-23(34-27)28(38)37-13-12-35(17-31(37,6)7)25-14-19(2)26(29(39)40)20(3)33-25/h8-11,14-15H,12-13,16-17H2,1-7H3,(H,39,40). The first kappa shape index (κ1) is 27.6. The van der Waals surface area contributed by atoms with Gasteiger partial charge in [-0.25, -0.2) is 19.2 Å². The number of carboxylic acids is 1. The molecule has 1 amide bonds. The van der Waals surface area contributed by atoms with Crippen LogP contribution in [0.3, 0.4) is 0 Å². The number of rotatable bonds is 4. The molecule has 5 rings (SSSR count). The minimum atomic E-state index is -0.982. The maximum absolute atomic E-state index is 14.4. The van der Waals surface area contributed by atoms with Crippen molar-refractivity contribution in [1.82, 2.24) is 14.9 Å².